The minimum atomic E-state index is -1.28. The van der Waals surface area contributed by atoms with Crippen molar-refractivity contribution in [1.82, 2.24) is 9.97 Å². The summed E-state index contributed by atoms with van der Waals surface area (Å²) >= 11 is 0. The van der Waals surface area contributed by atoms with Crippen LogP contribution in [0.4, 0.5) is 0 Å². The van der Waals surface area contributed by atoms with Crippen LogP contribution >= 0.6 is 0 Å². The number of hydrogen-bond donors (Lipinski definition) is 0. The molecule has 1 radical (unpaired) electrons. The van der Waals surface area contributed by atoms with Gasteiger partial charge in [-0.3, -0.25) is 0 Å². The summed E-state index contributed by atoms with van der Waals surface area (Å²) in [6, 6.07) is 44.3. The van der Waals surface area contributed by atoms with Crippen LogP contribution in [-0.2, 0) is 26.5 Å². The number of rotatable bonds is 6. The molecule has 0 N–H and O–H groups in total. The van der Waals surface area contributed by atoms with E-state index >= 15 is 0 Å². The minimum Gasteiger partial charge on any atom is -0.500 e. The molecular weight excluding hydrogens is 757 g/mol. The van der Waals surface area contributed by atoms with Gasteiger partial charge in [0, 0.05) is 37.9 Å². The Labute approximate surface area is 287 Å². The standard InChI is InChI=1S/C21H22NSi.C20H16NO.Ir/c1-23(2,3)20-13-14-21(22-16-20)19-11-9-18(10-12-19)15-17-7-5-4-6-8-17;1-13(2)14-9-10-21-18(12-14)15-7-8-20-17(11-15)16-5-3-4-6-19(16)22-20;/h4-11,13-14,16H,15H2,1-3H3;3-6,8-13H,1-2H3;/q2*-1;. The molecule has 0 unspecified atom stereocenters. The molecule has 0 fully saturated rings. The monoisotopic (exact) mass is 795 g/mol. The average Bonchev–Trinajstić information content (AvgIpc) is 3.44. The van der Waals surface area contributed by atoms with Crippen LogP contribution in [0.25, 0.3) is 44.5 Å². The zero-order valence-electron chi connectivity index (χ0n) is 27.0. The van der Waals surface area contributed by atoms with E-state index in [2.05, 4.69) is 141 Å². The molecule has 4 aromatic carbocycles. The second kappa shape index (κ2) is 14.5. The predicted octanol–water partition coefficient (Wildman–Crippen LogP) is 10.3. The van der Waals surface area contributed by atoms with Gasteiger partial charge in [-0.1, -0.05) is 117 Å². The SMILES string of the molecule is CC(C)c1ccnc(-c2[c-]cc3oc4ccccc4c3c2)c1.C[Si](C)(C)c1ccc(-c2[c-]cc(Cc3ccccc3)cc2)nc1.[Ir]. The molecule has 3 aromatic heterocycles. The summed E-state index contributed by atoms with van der Waals surface area (Å²) in [6.45, 7) is 11.4. The van der Waals surface area contributed by atoms with Gasteiger partial charge < -0.3 is 14.4 Å². The van der Waals surface area contributed by atoms with Crippen molar-refractivity contribution in [2.75, 3.05) is 0 Å². The van der Waals surface area contributed by atoms with E-state index in [1.807, 2.05) is 36.7 Å². The van der Waals surface area contributed by atoms with E-state index in [1.54, 1.807) is 0 Å². The van der Waals surface area contributed by atoms with E-state index in [1.165, 1.54) is 21.9 Å². The summed E-state index contributed by atoms with van der Waals surface area (Å²) < 4.78 is 5.85. The fourth-order valence-corrected chi connectivity index (χ4v) is 6.36. The molecule has 46 heavy (non-hydrogen) atoms. The molecule has 0 aliphatic carbocycles. The first-order valence-electron chi connectivity index (χ1n) is 15.6. The molecule has 3 nitrogen and oxygen atoms in total. The van der Waals surface area contributed by atoms with Crippen LogP contribution in [-0.4, -0.2) is 18.0 Å². The Balaban J connectivity index is 0.000000177. The second-order valence-corrected chi connectivity index (χ2v) is 17.9. The van der Waals surface area contributed by atoms with Crippen molar-refractivity contribution in [3.8, 4) is 22.5 Å². The van der Waals surface area contributed by atoms with Gasteiger partial charge in [0.2, 0.25) is 0 Å². The number of aromatic nitrogens is 2. The van der Waals surface area contributed by atoms with Gasteiger partial charge in [-0.05, 0) is 41.0 Å². The first kappa shape index (κ1) is 33.2. The van der Waals surface area contributed by atoms with Gasteiger partial charge in [0.05, 0.1) is 13.7 Å². The predicted molar refractivity (Wildman–Crippen MR) is 191 cm³/mol. The molecule has 5 heteroatoms. The molecule has 0 bridgehead atoms. The number of hydrogen-bond acceptors (Lipinski definition) is 3. The average molecular weight is 795 g/mol. The molecule has 0 aliphatic rings. The van der Waals surface area contributed by atoms with Crippen LogP contribution < -0.4 is 5.19 Å². The van der Waals surface area contributed by atoms with Crippen molar-refractivity contribution >= 4 is 35.2 Å². The van der Waals surface area contributed by atoms with Gasteiger partial charge in [0.1, 0.15) is 5.58 Å². The Bertz CT molecular complexity index is 2030. The van der Waals surface area contributed by atoms with Crippen LogP contribution in [0.5, 0.6) is 0 Å². The molecule has 0 amide bonds. The minimum absolute atomic E-state index is 0. The number of pyridine rings is 2. The molecule has 0 saturated carbocycles. The van der Waals surface area contributed by atoms with Crippen LogP contribution in [0.1, 0.15) is 36.5 Å². The van der Waals surface area contributed by atoms with Crippen molar-refractivity contribution in [1.29, 1.82) is 0 Å². The maximum Gasteiger partial charge on any atom is 0.120 e. The summed E-state index contributed by atoms with van der Waals surface area (Å²) in [6.07, 6.45) is 4.85. The van der Waals surface area contributed by atoms with Gasteiger partial charge in [-0.15, -0.1) is 59.2 Å². The first-order valence-corrected chi connectivity index (χ1v) is 19.1. The quantitative estimate of drug-likeness (QED) is 0.124. The Kier molecular flexibility index (Phi) is 10.5. The Hall–Kier alpha value is -4.15. The topological polar surface area (TPSA) is 38.9 Å². The van der Waals surface area contributed by atoms with E-state index in [0.29, 0.717) is 5.92 Å². The zero-order chi connectivity index (χ0) is 31.4. The number of fused-ring (bicyclic) bond motifs is 3. The smallest absolute Gasteiger partial charge is 0.120 e. The molecule has 0 atom stereocenters. The molecule has 0 spiro atoms. The summed E-state index contributed by atoms with van der Waals surface area (Å²) in [4.78, 5) is 9.13. The second-order valence-electron chi connectivity index (χ2n) is 12.8. The third kappa shape index (κ3) is 7.79. The summed E-state index contributed by atoms with van der Waals surface area (Å²) in [5.41, 5.74) is 9.68. The summed E-state index contributed by atoms with van der Waals surface area (Å²) in [5.74, 6) is 0.486. The van der Waals surface area contributed by atoms with Gasteiger partial charge in [-0.25, -0.2) is 0 Å². The van der Waals surface area contributed by atoms with E-state index in [-0.39, 0.29) is 20.1 Å². The van der Waals surface area contributed by atoms with Crippen LogP contribution in [0, 0.1) is 12.1 Å². The number of benzene rings is 4. The molecule has 0 saturated heterocycles. The van der Waals surface area contributed by atoms with Gasteiger partial charge in [0.25, 0.3) is 0 Å². The number of furan rings is 1. The van der Waals surface area contributed by atoms with Gasteiger partial charge in [-0.2, -0.15) is 0 Å². The van der Waals surface area contributed by atoms with Crippen molar-refractivity contribution in [2.24, 2.45) is 0 Å². The van der Waals surface area contributed by atoms with E-state index in [9.17, 15) is 0 Å². The maximum atomic E-state index is 5.85. The van der Waals surface area contributed by atoms with Gasteiger partial charge >= 0.3 is 0 Å². The largest absolute Gasteiger partial charge is 0.500 e. The van der Waals surface area contributed by atoms with E-state index in [4.69, 9.17) is 4.42 Å². The molecule has 3 heterocycles. The third-order valence-corrected chi connectivity index (χ3v) is 10.1. The maximum absolute atomic E-state index is 5.85. The van der Waals surface area contributed by atoms with E-state index in [0.717, 1.165) is 50.9 Å². The third-order valence-electron chi connectivity index (χ3n) is 8.07. The molecule has 0 aliphatic heterocycles. The van der Waals surface area contributed by atoms with Crippen molar-refractivity contribution in [3.63, 3.8) is 0 Å². The van der Waals surface area contributed by atoms with Crippen molar-refractivity contribution in [2.45, 2.75) is 45.8 Å². The van der Waals surface area contributed by atoms with Crippen molar-refractivity contribution in [3.05, 3.63) is 150 Å². The van der Waals surface area contributed by atoms with E-state index < -0.39 is 8.07 Å². The molecule has 233 valence electrons. The van der Waals surface area contributed by atoms with Crippen LogP contribution in [0.15, 0.2) is 126 Å². The Morgan fingerprint density at radius 3 is 2.13 bits per heavy atom. The zero-order valence-corrected chi connectivity index (χ0v) is 30.4. The van der Waals surface area contributed by atoms with Crippen LogP contribution in [0.2, 0.25) is 19.6 Å². The first-order chi connectivity index (χ1) is 21.7. The Morgan fingerprint density at radius 2 is 1.43 bits per heavy atom. The fraction of sp³-hybridized carbons (Fsp3) is 0.171. The Morgan fingerprint density at radius 1 is 0.674 bits per heavy atom. The molecule has 7 rings (SSSR count). The summed E-state index contributed by atoms with van der Waals surface area (Å²) in [7, 11) is -1.28. The number of nitrogens with zero attached hydrogens (tertiary/aromatic N) is 2. The van der Waals surface area contributed by atoms with Crippen molar-refractivity contribution < 1.29 is 24.5 Å². The van der Waals surface area contributed by atoms with Gasteiger partial charge in [0.15, 0.2) is 0 Å². The molecule has 7 aromatic rings. The fourth-order valence-electron chi connectivity index (χ4n) is 5.33. The molecular formula is C41H38IrN2OSi-2. The summed E-state index contributed by atoms with van der Waals surface area (Å²) in [5, 5.41) is 3.64. The normalized spacial score (nSPS) is 11.3. The van der Waals surface area contributed by atoms with Crippen LogP contribution in [0.3, 0.4) is 0 Å². The number of para-hydroxylation sites is 1.